The van der Waals surface area contributed by atoms with Crippen molar-refractivity contribution < 1.29 is 9.59 Å². The van der Waals surface area contributed by atoms with Crippen molar-refractivity contribution in [3.05, 3.63) is 71.5 Å². The molecule has 1 aliphatic heterocycles. The van der Waals surface area contributed by atoms with Crippen molar-refractivity contribution in [1.82, 2.24) is 25.1 Å². The normalized spacial score (nSPS) is 14.4. The third-order valence-corrected chi connectivity index (χ3v) is 4.85. The van der Waals surface area contributed by atoms with Crippen LogP contribution < -0.4 is 4.90 Å². The Morgan fingerprint density at radius 2 is 1.86 bits per heavy atom. The first-order valence-corrected chi connectivity index (χ1v) is 9.07. The van der Waals surface area contributed by atoms with Gasteiger partial charge in [0.25, 0.3) is 5.91 Å². The molecule has 0 unspecified atom stereocenters. The van der Waals surface area contributed by atoms with Gasteiger partial charge < -0.3 is 9.80 Å². The predicted octanol–water partition coefficient (Wildman–Crippen LogP) is 1.52. The van der Waals surface area contributed by atoms with E-state index in [1.807, 2.05) is 43.3 Å². The van der Waals surface area contributed by atoms with E-state index >= 15 is 0 Å². The first-order valence-electron chi connectivity index (χ1n) is 9.07. The molecule has 0 atom stereocenters. The summed E-state index contributed by atoms with van der Waals surface area (Å²) in [6, 6.07) is 15.1. The number of rotatable bonds is 4. The first-order chi connectivity index (χ1) is 13.6. The molecule has 8 heteroatoms. The Hall–Kier alpha value is -3.55. The molecule has 2 aromatic carbocycles. The lowest BCUT2D eigenvalue weighted by Crippen LogP contribution is -2.52. The summed E-state index contributed by atoms with van der Waals surface area (Å²) in [7, 11) is 0. The monoisotopic (exact) mass is 376 g/mol. The zero-order valence-electron chi connectivity index (χ0n) is 15.5. The van der Waals surface area contributed by atoms with Crippen molar-refractivity contribution in [1.29, 1.82) is 0 Å². The SMILES string of the molecule is Cc1ccccc1N1CCN(C(=O)c2ccc(Cn3cnnn3)cc2)CC1=O. The maximum atomic E-state index is 12.8. The molecular weight excluding hydrogens is 356 g/mol. The summed E-state index contributed by atoms with van der Waals surface area (Å²) in [4.78, 5) is 28.8. The lowest BCUT2D eigenvalue weighted by atomic mass is 10.1. The number of aromatic nitrogens is 4. The van der Waals surface area contributed by atoms with Crippen molar-refractivity contribution in [3.8, 4) is 0 Å². The van der Waals surface area contributed by atoms with Crippen molar-refractivity contribution in [3.63, 3.8) is 0 Å². The molecule has 1 aromatic heterocycles. The minimum atomic E-state index is -0.133. The van der Waals surface area contributed by atoms with Gasteiger partial charge in [0, 0.05) is 24.3 Å². The fourth-order valence-corrected chi connectivity index (χ4v) is 3.34. The van der Waals surface area contributed by atoms with Crippen LogP contribution in [0.3, 0.4) is 0 Å². The summed E-state index contributed by atoms with van der Waals surface area (Å²) in [5, 5.41) is 11.0. The Labute approximate surface area is 162 Å². The molecule has 8 nitrogen and oxygen atoms in total. The summed E-state index contributed by atoms with van der Waals surface area (Å²) < 4.78 is 1.61. The smallest absolute Gasteiger partial charge is 0.254 e. The van der Waals surface area contributed by atoms with Gasteiger partial charge in [0.2, 0.25) is 5.91 Å². The van der Waals surface area contributed by atoms with E-state index in [0.717, 1.165) is 16.8 Å². The van der Waals surface area contributed by atoms with E-state index in [9.17, 15) is 9.59 Å². The zero-order valence-corrected chi connectivity index (χ0v) is 15.5. The minimum absolute atomic E-state index is 0.0656. The van der Waals surface area contributed by atoms with Crippen LogP contribution in [0.5, 0.6) is 0 Å². The van der Waals surface area contributed by atoms with Crippen LogP contribution in [-0.4, -0.2) is 56.6 Å². The number of piperazine rings is 1. The van der Waals surface area contributed by atoms with Crippen molar-refractivity contribution >= 4 is 17.5 Å². The Morgan fingerprint density at radius 1 is 1.07 bits per heavy atom. The van der Waals surface area contributed by atoms with Crippen LogP contribution in [0.4, 0.5) is 5.69 Å². The fraction of sp³-hybridized carbons (Fsp3) is 0.250. The van der Waals surface area contributed by atoms with Crippen LogP contribution >= 0.6 is 0 Å². The highest BCUT2D eigenvalue weighted by molar-refractivity contribution is 6.02. The van der Waals surface area contributed by atoms with Gasteiger partial charge >= 0.3 is 0 Å². The molecule has 1 fully saturated rings. The molecule has 0 spiro atoms. The molecule has 142 valence electrons. The number of carbonyl (C=O) groups excluding carboxylic acids is 2. The van der Waals surface area contributed by atoms with Gasteiger partial charge in [-0.25, -0.2) is 4.68 Å². The molecular formula is C20H20N6O2. The Bertz CT molecular complexity index is 984. The van der Waals surface area contributed by atoms with E-state index in [0.29, 0.717) is 25.2 Å². The van der Waals surface area contributed by atoms with Crippen molar-refractivity contribution in [2.24, 2.45) is 0 Å². The number of anilines is 1. The van der Waals surface area contributed by atoms with E-state index in [-0.39, 0.29) is 18.4 Å². The van der Waals surface area contributed by atoms with E-state index in [1.165, 1.54) is 0 Å². The van der Waals surface area contributed by atoms with Gasteiger partial charge in [0.15, 0.2) is 0 Å². The number of benzene rings is 2. The average molecular weight is 376 g/mol. The lowest BCUT2D eigenvalue weighted by molar-refractivity contribution is -0.120. The maximum Gasteiger partial charge on any atom is 0.254 e. The molecule has 3 aromatic rings. The Kier molecular flexibility index (Phi) is 4.84. The van der Waals surface area contributed by atoms with E-state index < -0.39 is 0 Å². The van der Waals surface area contributed by atoms with Crippen LogP contribution in [0.1, 0.15) is 21.5 Å². The highest BCUT2D eigenvalue weighted by Gasteiger charge is 2.29. The van der Waals surface area contributed by atoms with Gasteiger partial charge in [-0.3, -0.25) is 9.59 Å². The molecule has 0 radical (unpaired) electrons. The van der Waals surface area contributed by atoms with E-state index in [4.69, 9.17) is 0 Å². The van der Waals surface area contributed by atoms with Gasteiger partial charge in [-0.15, -0.1) is 5.10 Å². The second-order valence-corrected chi connectivity index (χ2v) is 6.76. The Balaban J connectivity index is 1.42. The first kappa shape index (κ1) is 17.8. The number of para-hydroxylation sites is 1. The van der Waals surface area contributed by atoms with Crippen LogP contribution in [0, 0.1) is 6.92 Å². The summed E-state index contributed by atoms with van der Waals surface area (Å²) in [6.45, 7) is 3.60. The van der Waals surface area contributed by atoms with Crippen molar-refractivity contribution in [2.75, 3.05) is 24.5 Å². The van der Waals surface area contributed by atoms with E-state index in [2.05, 4.69) is 15.5 Å². The zero-order chi connectivity index (χ0) is 19.5. The second-order valence-electron chi connectivity index (χ2n) is 6.76. The van der Waals surface area contributed by atoms with Crippen LogP contribution in [0.15, 0.2) is 54.9 Å². The number of hydrogen-bond donors (Lipinski definition) is 0. The highest BCUT2D eigenvalue weighted by atomic mass is 16.2. The predicted molar refractivity (Wildman–Crippen MR) is 103 cm³/mol. The minimum Gasteiger partial charge on any atom is -0.328 e. The van der Waals surface area contributed by atoms with Gasteiger partial charge in [0.1, 0.15) is 12.9 Å². The maximum absolute atomic E-state index is 12.8. The van der Waals surface area contributed by atoms with Crippen molar-refractivity contribution in [2.45, 2.75) is 13.5 Å². The van der Waals surface area contributed by atoms with E-state index in [1.54, 1.807) is 32.9 Å². The van der Waals surface area contributed by atoms with Gasteiger partial charge in [-0.2, -0.15) is 0 Å². The van der Waals surface area contributed by atoms with Crippen LogP contribution in [-0.2, 0) is 11.3 Å². The molecule has 2 amide bonds. The summed E-state index contributed by atoms with van der Waals surface area (Å²) in [5.41, 5.74) is 3.52. The summed E-state index contributed by atoms with van der Waals surface area (Å²) >= 11 is 0. The van der Waals surface area contributed by atoms with Crippen LogP contribution in [0.2, 0.25) is 0 Å². The topological polar surface area (TPSA) is 84.2 Å². The third-order valence-electron chi connectivity index (χ3n) is 4.85. The number of carbonyl (C=O) groups is 2. The molecule has 1 saturated heterocycles. The number of nitrogens with zero attached hydrogens (tertiary/aromatic N) is 6. The van der Waals surface area contributed by atoms with Gasteiger partial charge in [-0.1, -0.05) is 30.3 Å². The van der Waals surface area contributed by atoms with Crippen LogP contribution in [0.25, 0.3) is 0 Å². The number of tetrazole rings is 1. The summed E-state index contributed by atoms with van der Waals surface area (Å²) in [5.74, 6) is -0.198. The fourth-order valence-electron chi connectivity index (χ4n) is 3.34. The van der Waals surface area contributed by atoms with Gasteiger partial charge in [0.05, 0.1) is 6.54 Å². The molecule has 0 saturated carbocycles. The number of aryl methyl sites for hydroxylation is 1. The Morgan fingerprint density at radius 3 is 2.54 bits per heavy atom. The molecule has 0 N–H and O–H groups in total. The molecule has 1 aliphatic rings. The second kappa shape index (κ2) is 7.59. The molecule has 4 rings (SSSR count). The quantitative estimate of drug-likeness (QED) is 0.689. The standard InChI is InChI=1S/C20H20N6O2/c1-15-4-2-3-5-18(15)26-11-10-24(13-19(26)27)20(28)17-8-6-16(7-9-17)12-25-14-21-22-23-25/h2-9,14H,10-13H2,1H3. The molecule has 0 aliphatic carbocycles. The third kappa shape index (κ3) is 3.62. The molecule has 2 heterocycles. The van der Waals surface area contributed by atoms with Gasteiger partial charge in [-0.05, 0) is 46.7 Å². The highest BCUT2D eigenvalue weighted by Crippen LogP contribution is 2.22. The molecule has 28 heavy (non-hydrogen) atoms. The molecule has 0 bridgehead atoms. The summed E-state index contributed by atoms with van der Waals surface area (Å²) in [6.07, 6.45) is 1.54. The average Bonchev–Trinajstić information content (AvgIpc) is 3.22. The number of hydrogen-bond acceptors (Lipinski definition) is 5. The number of amides is 2. The lowest BCUT2D eigenvalue weighted by Gasteiger charge is -2.35. The largest absolute Gasteiger partial charge is 0.328 e.